The molecule has 0 aromatic rings. The lowest BCUT2D eigenvalue weighted by atomic mass is 9.76. The molecule has 0 aromatic carbocycles. The Morgan fingerprint density at radius 1 is 1.05 bits per heavy atom. The van der Waals surface area contributed by atoms with Crippen molar-refractivity contribution >= 4 is 0 Å². The highest BCUT2D eigenvalue weighted by atomic mass is 15.2. The van der Waals surface area contributed by atoms with E-state index in [1.54, 1.807) is 0 Å². The van der Waals surface area contributed by atoms with Crippen LogP contribution >= 0.6 is 0 Å². The molecule has 0 aromatic heterocycles. The Bertz CT molecular complexity index is 279. The third-order valence-corrected chi connectivity index (χ3v) is 6.33. The Morgan fingerprint density at radius 2 is 1.79 bits per heavy atom. The van der Waals surface area contributed by atoms with Crippen molar-refractivity contribution < 1.29 is 0 Å². The van der Waals surface area contributed by atoms with Gasteiger partial charge in [-0.25, -0.2) is 0 Å². The van der Waals surface area contributed by atoms with E-state index in [-0.39, 0.29) is 0 Å². The number of nitrogens with one attached hydrogen (secondary N) is 1. The monoisotopic (exact) mass is 264 g/mol. The van der Waals surface area contributed by atoms with Gasteiger partial charge in [-0.05, 0) is 62.8 Å². The van der Waals surface area contributed by atoms with Crippen molar-refractivity contribution in [3.05, 3.63) is 0 Å². The van der Waals surface area contributed by atoms with Gasteiger partial charge < -0.3 is 10.2 Å². The Labute approximate surface area is 119 Å². The van der Waals surface area contributed by atoms with Crippen molar-refractivity contribution in [1.29, 1.82) is 0 Å². The maximum absolute atomic E-state index is 3.60. The summed E-state index contributed by atoms with van der Waals surface area (Å²) in [6.45, 7) is 6.57. The minimum Gasteiger partial charge on any atom is -0.317 e. The molecular weight excluding hydrogens is 232 g/mol. The van der Waals surface area contributed by atoms with E-state index < -0.39 is 0 Å². The molecule has 5 atom stereocenters. The number of hydrogen-bond acceptors (Lipinski definition) is 2. The molecule has 0 bridgehead atoms. The molecule has 3 aliphatic rings. The van der Waals surface area contributed by atoms with E-state index in [9.17, 15) is 0 Å². The largest absolute Gasteiger partial charge is 0.317 e. The highest BCUT2D eigenvalue weighted by Crippen LogP contribution is 2.39. The Kier molecular flexibility index (Phi) is 4.48. The van der Waals surface area contributed by atoms with Gasteiger partial charge in [0.1, 0.15) is 0 Å². The van der Waals surface area contributed by atoms with Gasteiger partial charge in [-0.15, -0.1) is 0 Å². The predicted octanol–water partition coefficient (Wildman–Crippen LogP) is 3.13. The fourth-order valence-electron chi connectivity index (χ4n) is 5.13. The van der Waals surface area contributed by atoms with Gasteiger partial charge in [-0.2, -0.15) is 0 Å². The number of rotatable bonds is 4. The summed E-state index contributed by atoms with van der Waals surface area (Å²) in [6, 6.07) is 0.781. The van der Waals surface area contributed by atoms with Crippen molar-refractivity contribution in [2.45, 2.75) is 57.9 Å². The van der Waals surface area contributed by atoms with Crippen LogP contribution in [0.2, 0.25) is 0 Å². The third-order valence-electron chi connectivity index (χ3n) is 6.33. The fraction of sp³-hybridized carbons (Fsp3) is 1.00. The summed E-state index contributed by atoms with van der Waals surface area (Å²) in [5, 5.41) is 3.60. The zero-order chi connectivity index (χ0) is 13.2. The first-order valence-corrected chi connectivity index (χ1v) is 8.69. The number of nitrogens with zero attached hydrogens (tertiary/aromatic N) is 1. The van der Waals surface area contributed by atoms with Crippen LogP contribution in [0.3, 0.4) is 0 Å². The van der Waals surface area contributed by atoms with Crippen LogP contribution in [0.5, 0.6) is 0 Å². The predicted molar refractivity (Wildman–Crippen MR) is 81.2 cm³/mol. The molecule has 2 heteroatoms. The molecule has 19 heavy (non-hydrogen) atoms. The van der Waals surface area contributed by atoms with Crippen LogP contribution in [-0.2, 0) is 0 Å². The van der Waals surface area contributed by atoms with E-state index in [2.05, 4.69) is 24.2 Å². The Balaban J connectivity index is 1.55. The quantitative estimate of drug-likeness (QED) is 0.839. The van der Waals surface area contributed by atoms with Gasteiger partial charge in [0.25, 0.3) is 0 Å². The van der Waals surface area contributed by atoms with E-state index >= 15 is 0 Å². The van der Waals surface area contributed by atoms with E-state index in [4.69, 9.17) is 0 Å². The van der Waals surface area contributed by atoms with Gasteiger partial charge in [0.05, 0.1) is 0 Å². The van der Waals surface area contributed by atoms with Crippen LogP contribution in [-0.4, -0.2) is 37.6 Å². The molecule has 1 N–H and O–H groups in total. The van der Waals surface area contributed by atoms with Crippen LogP contribution < -0.4 is 5.32 Å². The molecule has 5 unspecified atom stereocenters. The highest BCUT2D eigenvalue weighted by molar-refractivity contribution is 4.92. The molecule has 0 radical (unpaired) electrons. The summed E-state index contributed by atoms with van der Waals surface area (Å²) in [7, 11) is 2.17. The lowest BCUT2D eigenvalue weighted by molar-refractivity contribution is 0.151. The first-order chi connectivity index (χ1) is 9.30. The van der Waals surface area contributed by atoms with Crippen molar-refractivity contribution in [2.75, 3.05) is 26.7 Å². The van der Waals surface area contributed by atoms with Crippen LogP contribution in [0.1, 0.15) is 51.9 Å². The average molecular weight is 264 g/mol. The summed E-state index contributed by atoms with van der Waals surface area (Å²) >= 11 is 0. The molecule has 3 rings (SSSR count). The van der Waals surface area contributed by atoms with E-state index in [1.165, 1.54) is 64.6 Å². The zero-order valence-electron chi connectivity index (χ0n) is 12.9. The molecule has 2 aliphatic carbocycles. The minimum atomic E-state index is 0.781. The summed E-state index contributed by atoms with van der Waals surface area (Å²) in [5.41, 5.74) is 0. The third kappa shape index (κ3) is 3.00. The molecule has 0 amide bonds. The second-order valence-corrected chi connectivity index (χ2v) is 7.41. The molecule has 1 saturated heterocycles. The first-order valence-electron chi connectivity index (χ1n) is 8.69. The molecule has 0 spiro atoms. The van der Waals surface area contributed by atoms with Gasteiger partial charge in [0.2, 0.25) is 0 Å². The van der Waals surface area contributed by atoms with Gasteiger partial charge in [-0.3, -0.25) is 0 Å². The fourth-order valence-corrected chi connectivity index (χ4v) is 5.13. The lowest BCUT2D eigenvalue weighted by Crippen LogP contribution is -2.44. The number of fused-ring (bicyclic) bond motifs is 1. The zero-order valence-corrected chi connectivity index (χ0v) is 12.9. The van der Waals surface area contributed by atoms with Gasteiger partial charge in [0.15, 0.2) is 0 Å². The van der Waals surface area contributed by atoms with Gasteiger partial charge in [0, 0.05) is 25.7 Å². The lowest BCUT2D eigenvalue weighted by Gasteiger charge is -2.38. The summed E-state index contributed by atoms with van der Waals surface area (Å²) in [5.74, 6) is 4.01. The topological polar surface area (TPSA) is 15.3 Å². The second-order valence-electron chi connectivity index (χ2n) is 7.41. The maximum atomic E-state index is 3.60. The minimum absolute atomic E-state index is 0.781. The molecule has 1 heterocycles. The smallest absolute Gasteiger partial charge is 0.0105 e. The average Bonchev–Trinajstić information content (AvgIpc) is 2.99. The Morgan fingerprint density at radius 3 is 2.42 bits per heavy atom. The SMILES string of the molecule is CCC1CCC(NC)C(CN2CC3CCCC3C2)C1. The standard InChI is InChI=1S/C17H32N2/c1-3-13-7-8-17(18-2)16(9-13)12-19-10-14-5-4-6-15(14)11-19/h13-18H,3-12H2,1-2H3. The van der Waals surface area contributed by atoms with Crippen molar-refractivity contribution in [1.82, 2.24) is 10.2 Å². The second kappa shape index (κ2) is 6.13. The highest BCUT2D eigenvalue weighted by Gasteiger charge is 2.38. The summed E-state index contributed by atoms with van der Waals surface area (Å²) < 4.78 is 0. The van der Waals surface area contributed by atoms with Crippen molar-refractivity contribution in [2.24, 2.45) is 23.7 Å². The van der Waals surface area contributed by atoms with Crippen molar-refractivity contribution in [3.8, 4) is 0 Å². The van der Waals surface area contributed by atoms with Crippen LogP contribution in [0.15, 0.2) is 0 Å². The summed E-state index contributed by atoms with van der Waals surface area (Å²) in [6.07, 6.45) is 10.2. The molecule has 110 valence electrons. The van der Waals surface area contributed by atoms with E-state index in [0.29, 0.717) is 0 Å². The molecule has 2 saturated carbocycles. The normalized spacial score (nSPS) is 43.6. The maximum Gasteiger partial charge on any atom is 0.0105 e. The van der Waals surface area contributed by atoms with Gasteiger partial charge in [-0.1, -0.05) is 19.8 Å². The first kappa shape index (κ1) is 13.9. The number of likely N-dealkylation sites (tertiary alicyclic amines) is 1. The van der Waals surface area contributed by atoms with Crippen LogP contribution in [0, 0.1) is 23.7 Å². The Hall–Kier alpha value is -0.0800. The van der Waals surface area contributed by atoms with E-state index in [0.717, 1.165) is 29.7 Å². The van der Waals surface area contributed by atoms with Gasteiger partial charge >= 0.3 is 0 Å². The van der Waals surface area contributed by atoms with Crippen molar-refractivity contribution in [3.63, 3.8) is 0 Å². The van der Waals surface area contributed by atoms with Crippen LogP contribution in [0.25, 0.3) is 0 Å². The number of hydrogen-bond donors (Lipinski definition) is 1. The molecule has 3 fully saturated rings. The van der Waals surface area contributed by atoms with Crippen LogP contribution in [0.4, 0.5) is 0 Å². The molecule has 2 nitrogen and oxygen atoms in total. The molecular formula is C17H32N2. The summed E-state index contributed by atoms with van der Waals surface area (Å²) in [4.78, 5) is 2.81. The molecule has 1 aliphatic heterocycles. The van der Waals surface area contributed by atoms with E-state index in [1.807, 2.05) is 0 Å².